The third-order valence-electron chi connectivity index (χ3n) is 5.16. The van der Waals surface area contributed by atoms with Crippen molar-refractivity contribution in [2.24, 2.45) is 0 Å². The lowest BCUT2D eigenvalue weighted by atomic mass is 10.1. The van der Waals surface area contributed by atoms with Gasteiger partial charge in [-0.15, -0.1) is 0 Å². The second kappa shape index (κ2) is 8.60. The molecule has 0 saturated carbocycles. The molecule has 0 atom stereocenters. The summed E-state index contributed by atoms with van der Waals surface area (Å²) in [6.07, 6.45) is 1.07. The van der Waals surface area contributed by atoms with Crippen LogP contribution in [-0.4, -0.2) is 79.5 Å². The summed E-state index contributed by atoms with van der Waals surface area (Å²) in [5.41, 5.74) is 2.76. The summed E-state index contributed by atoms with van der Waals surface area (Å²) < 4.78 is 0. The van der Waals surface area contributed by atoms with Crippen LogP contribution in [0.4, 0.5) is 0 Å². The van der Waals surface area contributed by atoms with Crippen LogP contribution in [0.2, 0.25) is 0 Å². The molecule has 1 N–H and O–H groups in total. The van der Waals surface area contributed by atoms with Gasteiger partial charge in [-0.1, -0.05) is 24.3 Å². The van der Waals surface area contributed by atoms with Crippen molar-refractivity contribution in [2.45, 2.75) is 19.9 Å². The fourth-order valence-electron chi connectivity index (χ4n) is 3.57. The lowest BCUT2D eigenvalue weighted by molar-refractivity contribution is -0.132. The standard InChI is InChI=1S/C19H30N4O/c1-17-5-2-3-6-18(17)15-21-9-4-10-23(14-13-21)19(24)16-22-11-7-20-8-12-22/h2-3,5-6,20H,4,7-16H2,1H3. The normalized spacial score (nSPS) is 20.8. The molecule has 0 aliphatic carbocycles. The molecular formula is C19H30N4O. The monoisotopic (exact) mass is 330 g/mol. The maximum atomic E-state index is 12.6. The Morgan fingerprint density at radius 1 is 1.00 bits per heavy atom. The van der Waals surface area contributed by atoms with E-state index in [2.05, 4.69) is 51.2 Å². The molecule has 2 saturated heterocycles. The van der Waals surface area contributed by atoms with E-state index in [1.807, 2.05) is 0 Å². The molecule has 2 aliphatic rings. The first-order valence-corrected chi connectivity index (χ1v) is 9.20. The first-order chi connectivity index (χ1) is 11.7. The minimum Gasteiger partial charge on any atom is -0.340 e. The van der Waals surface area contributed by atoms with E-state index in [4.69, 9.17) is 0 Å². The van der Waals surface area contributed by atoms with Gasteiger partial charge in [0.2, 0.25) is 5.91 Å². The third kappa shape index (κ3) is 4.79. The highest BCUT2D eigenvalue weighted by Gasteiger charge is 2.22. The van der Waals surface area contributed by atoms with E-state index in [1.54, 1.807) is 0 Å². The Hall–Kier alpha value is -1.43. The number of amides is 1. The van der Waals surface area contributed by atoms with Gasteiger partial charge >= 0.3 is 0 Å². The van der Waals surface area contributed by atoms with Crippen LogP contribution in [-0.2, 0) is 11.3 Å². The Kier molecular flexibility index (Phi) is 6.24. The van der Waals surface area contributed by atoms with Gasteiger partial charge < -0.3 is 10.2 Å². The molecule has 1 aromatic rings. The molecule has 2 heterocycles. The van der Waals surface area contributed by atoms with E-state index in [0.29, 0.717) is 12.5 Å². The number of nitrogens with zero attached hydrogens (tertiary/aromatic N) is 3. The van der Waals surface area contributed by atoms with Crippen LogP contribution in [0.25, 0.3) is 0 Å². The predicted octanol–water partition coefficient (Wildman–Crippen LogP) is 0.935. The van der Waals surface area contributed by atoms with Crippen LogP contribution in [0, 0.1) is 6.92 Å². The molecule has 0 unspecified atom stereocenters. The van der Waals surface area contributed by atoms with Gasteiger partial charge in [-0.05, 0) is 24.5 Å². The molecule has 2 fully saturated rings. The molecule has 5 nitrogen and oxygen atoms in total. The highest BCUT2D eigenvalue weighted by molar-refractivity contribution is 5.78. The van der Waals surface area contributed by atoms with E-state index in [9.17, 15) is 4.79 Å². The summed E-state index contributed by atoms with van der Waals surface area (Å²) >= 11 is 0. The second-order valence-electron chi connectivity index (χ2n) is 6.96. The highest BCUT2D eigenvalue weighted by Crippen LogP contribution is 2.13. The predicted molar refractivity (Wildman–Crippen MR) is 97.0 cm³/mol. The fraction of sp³-hybridized carbons (Fsp3) is 0.632. The second-order valence-corrected chi connectivity index (χ2v) is 6.96. The van der Waals surface area contributed by atoms with Crippen molar-refractivity contribution >= 4 is 5.91 Å². The molecule has 0 radical (unpaired) electrons. The lowest BCUT2D eigenvalue weighted by Gasteiger charge is -2.29. The summed E-state index contributed by atoms with van der Waals surface area (Å²) in [4.78, 5) is 19.4. The Bertz CT molecular complexity index is 542. The summed E-state index contributed by atoms with van der Waals surface area (Å²) in [6.45, 7) is 11.5. The molecule has 0 aromatic heterocycles. The van der Waals surface area contributed by atoms with E-state index in [1.165, 1.54) is 11.1 Å². The quantitative estimate of drug-likeness (QED) is 0.892. The van der Waals surface area contributed by atoms with Gasteiger partial charge in [0.05, 0.1) is 6.54 Å². The Labute approximate surface area is 145 Å². The number of aryl methyl sites for hydroxylation is 1. The van der Waals surface area contributed by atoms with Crippen LogP contribution < -0.4 is 5.32 Å². The number of hydrogen-bond acceptors (Lipinski definition) is 4. The molecule has 0 bridgehead atoms. The van der Waals surface area contributed by atoms with Crippen molar-refractivity contribution in [1.82, 2.24) is 20.0 Å². The van der Waals surface area contributed by atoms with Crippen molar-refractivity contribution < 1.29 is 4.79 Å². The molecule has 132 valence electrons. The zero-order valence-electron chi connectivity index (χ0n) is 14.8. The van der Waals surface area contributed by atoms with Gasteiger partial charge in [0.1, 0.15) is 0 Å². The number of rotatable bonds is 4. The van der Waals surface area contributed by atoms with Crippen molar-refractivity contribution in [3.05, 3.63) is 35.4 Å². The van der Waals surface area contributed by atoms with Crippen molar-refractivity contribution in [2.75, 3.05) is 58.9 Å². The van der Waals surface area contributed by atoms with E-state index in [0.717, 1.165) is 65.3 Å². The number of carbonyl (C=O) groups excluding carboxylic acids is 1. The van der Waals surface area contributed by atoms with Crippen molar-refractivity contribution in [3.8, 4) is 0 Å². The summed E-state index contributed by atoms with van der Waals surface area (Å²) in [5, 5.41) is 3.34. The van der Waals surface area contributed by atoms with Gasteiger partial charge in [0.25, 0.3) is 0 Å². The lowest BCUT2D eigenvalue weighted by Crippen LogP contribution is -2.48. The zero-order chi connectivity index (χ0) is 16.8. The maximum absolute atomic E-state index is 12.6. The molecule has 3 rings (SSSR count). The van der Waals surface area contributed by atoms with Gasteiger partial charge in [-0.25, -0.2) is 0 Å². The molecule has 0 spiro atoms. The van der Waals surface area contributed by atoms with E-state index >= 15 is 0 Å². The zero-order valence-corrected chi connectivity index (χ0v) is 14.8. The minimum atomic E-state index is 0.301. The Morgan fingerprint density at radius 3 is 2.58 bits per heavy atom. The number of piperazine rings is 1. The highest BCUT2D eigenvalue weighted by atomic mass is 16.2. The van der Waals surface area contributed by atoms with Crippen LogP contribution in [0.5, 0.6) is 0 Å². The van der Waals surface area contributed by atoms with E-state index in [-0.39, 0.29) is 0 Å². The summed E-state index contributed by atoms with van der Waals surface area (Å²) in [6, 6.07) is 8.60. The fourth-order valence-corrected chi connectivity index (χ4v) is 3.57. The van der Waals surface area contributed by atoms with Crippen molar-refractivity contribution in [3.63, 3.8) is 0 Å². The van der Waals surface area contributed by atoms with Crippen LogP contribution >= 0.6 is 0 Å². The topological polar surface area (TPSA) is 38.8 Å². The number of nitrogens with one attached hydrogen (secondary N) is 1. The molecule has 1 amide bonds. The molecule has 2 aliphatic heterocycles. The van der Waals surface area contributed by atoms with Gasteiger partial charge in [-0.3, -0.25) is 14.6 Å². The number of benzene rings is 1. The first-order valence-electron chi connectivity index (χ1n) is 9.20. The first kappa shape index (κ1) is 17.4. The molecule has 1 aromatic carbocycles. The van der Waals surface area contributed by atoms with Crippen LogP contribution in [0.1, 0.15) is 17.5 Å². The van der Waals surface area contributed by atoms with Gasteiger partial charge in [-0.2, -0.15) is 0 Å². The molecule has 24 heavy (non-hydrogen) atoms. The van der Waals surface area contributed by atoms with Gasteiger partial charge in [0.15, 0.2) is 0 Å². The maximum Gasteiger partial charge on any atom is 0.236 e. The Morgan fingerprint density at radius 2 is 1.79 bits per heavy atom. The van der Waals surface area contributed by atoms with E-state index < -0.39 is 0 Å². The SMILES string of the molecule is Cc1ccccc1CN1CCCN(C(=O)CN2CCNCC2)CC1. The summed E-state index contributed by atoms with van der Waals surface area (Å²) in [7, 11) is 0. The third-order valence-corrected chi connectivity index (χ3v) is 5.16. The minimum absolute atomic E-state index is 0.301. The number of carbonyl (C=O) groups is 1. The van der Waals surface area contributed by atoms with Gasteiger partial charge in [0, 0.05) is 58.9 Å². The molecule has 5 heteroatoms. The average molecular weight is 330 g/mol. The smallest absolute Gasteiger partial charge is 0.236 e. The Balaban J connectivity index is 1.49. The number of hydrogen-bond donors (Lipinski definition) is 1. The largest absolute Gasteiger partial charge is 0.340 e. The molecular weight excluding hydrogens is 300 g/mol. The average Bonchev–Trinajstić information content (AvgIpc) is 2.84. The van der Waals surface area contributed by atoms with Crippen molar-refractivity contribution in [1.29, 1.82) is 0 Å². The van der Waals surface area contributed by atoms with Crippen LogP contribution in [0.15, 0.2) is 24.3 Å². The van der Waals surface area contributed by atoms with Crippen LogP contribution in [0.3, 0.4) is 0 Å². The summed E-state index contributed by atoms with van der Waals surface area (Å²) in [5.74, 6) is 0.301.